The van der Waals surface area contributed by atoms with Gasteiger partial charge in [-0.05, 0) is 39.4 Å². The first-order valence-corrected chi connectivity index (χ1v) is 8.47. The Bertz CT molecular complexity index is 326. The van der Waals surface area contributed by atoms with Gasteiger partial charge in [-0.15, -0.1) is 0 Å². The zero-order valence-electron chi connectivity index (χ0n) is 13.8. The molecule has 2 N–H and O–H groups in total. The van der Waals surface area contributed by atoms with Gasteiger partial charge in [-0.2, -0.15) is 0 Å². The Morgan fingerprint density at radius 2 is 1.81 bits per heavy atom. The van der Waals surface area contributed by atoms with E-state index in [1.54, 1.807) is 0 Å². The molecule has 2 atom stereocenters. The maximum atomic E-state index is 12.7. The molecule has 1 heterocycles. The lowest BCUT2D eigenvalue weighted by atomic mass is 9.78. The third-order valence-corrected chi connectivity index (χ3v) is 5.08. The topological polar surface area (TPSA) is 52.8 Å². The van der Waals surface area contributed by atoms with E-state index in [0.717, 1.165) is 52.1 Å². The Balaban J connectivity index is 1.79. The molecule has 1 amide bonds. The molecule has 2 rings (SSSR count). The number of hydrogen-bond acceptors (Lipinski definition) is 4. The van der Waals surface area contributed by atoms with Crippen LogP contribution in [0.3, 0.4) is 0 Å². The minimum Gasteiger partial charge on any atom is -0.340 e. The predicted molar refractivity (Wildman–Crippen MR) is 86.1 cm³/mol. The average Bonchev–Trinajstić information content (AvgIpc) is 2.52. The zero-order chi connectivity index (χ0) is 15.2. The van der Waals surface area contributed by atoms with E-state index in [2.05, 4.69) is 28.8 Å². The van der Waals surface area contributed by atoms with Crippen LogP contribution in [-0.2, 0) is 4.79 Å². The first kappa shape index (κ1) is 16.7. The second-order valence-corrected chi connectivity index (χ2v) is 6.86. The van der Waals surface area contributed by atoms with Crippen LogP contribution < -0.4 is 5.73 Å². The molecule has 2 aliphatic rings. The van der Waals surface area contributed by atoms with Crippen molar-refractivity contribution in [1.29, 1.82) is 0 Å². The fraction of sp³-hybridized carbons (Fsp3) is 0.938. The van der Waals surface area contributed by atoms with Crippen molar-refractivity contribution >= 4 is 5.91 Å². The number of hydrogen-bond donors (Lipinski definition) is 1. The third kappa shape index (κ3) is 4.66. The molecule has 0 spiro atoms. The first-order valence-electron chi connectivity index (χ1n) is 8.47. The molecule has 2 fully saturated rings. The molecule has 2 unspecified atom stereocenters. The van der Waals surface area contributed by atoms with Gasteiger partial charge >= 0.3 is 0 Å². The summed E-state index contributed by atoms with van der Waals surface area (Å²) in [7, 11) is 4.21. The summed E-state index contributed by atoms with van der Waals surface area (Å²) in [4.78, 5) is 19.5. The van der Waals surface area contributed by atoms with E-state index in [4.69, 9.17) is 5.73 Å². The van der Waals surface area contributed by atoms with Gasteiger partial charge in [0.25, 0.3) is 0 Å². The lowest BCUT2D eigenvalue weighted by Crippen LogP contribution is -2.52. The highest BCUT2D eigenvalue weighted by atomic mass is 16.2. The van der Waals surface area contributed by atoms with Gasteiger partial charge in [-0.1, -0.05) is 12.8 Å². The summed E-state index contributed by atoms with van der Waals surface area (Å²) < 4.78 is 0. The van der Waals surface area contributed by atoms with Gasteiger partial charge in [0.05, 0.1) is 0 Å². The van der Waals surface area contributed by atoms with Crippen LogP contribution in [0.25, 0.3) is 0 Å². The number of amides is 1. The van der Waals surface area contributed by atoms with E-state index in [1.807, 2.05) is 0 Å². The molecule has 1 saturated heterocycles. The third-order valence-electron chi connectivity index (χ3n) is 5.08. The zero-order valence-corrected chi connectivity index (χ0v) is 13.8. The Morgan fingerprint density at radius 3 is 2.43 bits per heavy atom. The quantitative estimate of drug-likeness (QED) is 0.801. The summed E-state index contributed by atoms with van der Waals surface area (Å²) in [6.45, 7) is 6.66. The van der Waals surface area contributed by atoms with Gasteiger partial charge in [0.15, 0.2) is 0 Å². The highest BCUT2D eigenvalue weighted by Crippen LogP contribution is 2.31. The number of rotatable bonds is 5. The van der Waals surface area contributed by atoms with E-state index in [9.17, 15) is 4.79 Å². The molecule has 0 aromatic rings. The monoisotopic (exact) mass is 296 g/mol. The SMILES string of the molecule is CN(C)CCN1CCN(C(=O)C2CCCCC2CN)CC1. The van der Waals surface area contributed by atoms with E-state index < -0.39 is 0 Å². The van der Waals surface area contributed by atoms with Crippen molar-refractivity contribution in [3.63, 3.8) is 0 Å². The van der Waals surface area contributed by atoms with Crippen molar-refractivity contribution < 1.29 is 4.79 Å². The van der Waals surface area contributed by atoms with E-state index in [0.29, 0.717) is 18.4 Å². The Morgan fingerprint density at radius 1 is 1.14 bits per heavy atom. The van der Waals surface area contributed by atoms with Crippen molar-refractivity contribution in [1.82, 2.24) is 14.7 Å². The Kier molecular flexibility index (Phi) is 6.45. The molecule has 21 heavy (non-hydrogen) atoms. The van der Waals surface area contributed by atoms with Gasteiger partial charge in [0.1, 0.15) is 0 Å². The van der Waals surface area contributed by atoms with Crippen molar-refractivity contribution in [3.05, 3.63) is 0 Å². The largest absolute Gasteiger partial charge is 0.340 e. The summed E-state index contributed by atoms with van der Waals surface area (Å²) in [6, 6.07) is 0. The fourth-order valence-corrected chi connectivity index (χ4v) is 3.58. The molecular formula is C16H32N4O. The Labute approximate surface area is 129 Å². The number of carbonyl (C=O) groups is 1. The maximum absolute atomic E-state index is 12.7. The van der Waals surface area contributed by atoms with E-state index >= 15 is 0 Å². The van der Waals surface area contributed by atoms with Crippen LogP contribution in [-0.4, -0.2) is 80.5 Å². The van der Waals surface area contributed by atoms with Crippen molar-refractivity contribution in [2.45, 2.75) is 25.7 Å². The molecule has 0 bridgehead atoms. The molecule has 0 aromatic carbocycles. The highest BCUT2D eigenvalue weighted by molar-refractivity contribution is 5.79. The van der Waals surface area contributed by atoms with Crippen LogP contribution in [0.2, 0.25) is 0 Å². The smallest absolute Gasteiger partial charge is 0.226 e. The van der Waals surface area contributed by atoms with Crippen molar-refractivity contribution in [3.8, 4) is 0 Å². The fourth-order valence-electron chi connectivity index (χ4n) is 3.58. The van der Waals surface area contributed by atoms with Crippen molar-refractivity contribution in [2.75, 3.05) is 59.9 Å². The molecule has 1 saturated carbocycles. The number of nitrogens with two attached hydrogens (primary N) is 1. The lowest BCUT2D eigenvalue weighted by molar-refractivity contribution is -0.140. The van der Waals surface area contributed by atoms with Crippen LogP contribution in [0, 0.1) is 11.8 Å². The van der Waals surface area contributed by atoms with Crippen LogP contribution in [0.15, 0.2) is 0 Å². The number of piperazine rings is 1. The van der Waals surface area contributed by atoms with Gasteiger partial charge in [0, 0.05) is 45.2 Å². The average molecular weight is 296 g/mol. The molecular weight excluding hydrogens is 264 g/mol. The van der Waals surface area contributed by atoms with Crippen molar-refractivity contribution in [2.24, 2.45) is 17.6 Å². The van der Waals surface area contributed by atoms with Crippen LogP contribution in [0.1, 0.15) is 25.7 Å². The van der Waals surface area contributed by atoms with Gasteiger partial charge in [-0.25, -0.2) is 0 Å². The predicted octanol–water partition coefficient (Wildman–Crippen LogP) is 0.457. The van der Waals surface area contributed by atoms with Crippen LogP contribution >= 0.6 is 0 Å². The van der Waals surface area contributed by atoms with Gasteiger partial charge in [-0.3, -0.25) is 9.69 Å². The summed E-state index contributed by atoms with van der Waals surface area (Å²) in [6.07, 6.45) is 4.61. The second-order valence-electron chi connectivity index (χ2n) is 6.86. The minimum atomic E-state index is 0.192. The van der Waals surface area contributed by atoms with Gasteiger partial charge < -0.3 is 15.5 Å². The van der Waals surface area contributed by atoms with E-state index in [-0.39, 0.29) is 5.92 Å². The first-order chi connectivity index (χ1) is 10.1. The number of carbonyl (C=O) groups excluding carboxylic acids is 1. The molecule has 122 valence electrons. The normalized spacial score (nSPS) is 28.1. The molecule has 1 aliphatic heterocycles. The summed E-state index contributed by atoms with van der Waals surface area (Å²) >= 11 is 0. The van der Waals surface area contributed by atoms with Crippen LogP contribution in [0.5, 0.6) is 0 Å². The second kappa shape index (κ2) is 8.11. The van der Waals surface area contributed by atoms with E-state index in [1.165, 1.54) is 12.8 Å². The maximum Gasteiger partial charge on any atom is 0.226 e. The molecule has 5 heteroatoms. The van der Waals surface area contributed by atoms with Crippen LogP contribution in [0.4, 0.5) is 0 Å². The lowest BCUT2D eigenvalue weighted by Gasteiger charge is -2.39. The molecule has 1 aliphatic carbocycles. The van der Waals surface area contributed by atoms with Gasteiger partial charge in [0.2, 0.25) is 5.91 Å². The number of nitrogens with zero attached hydrogens (tertiary/aromatic N) is 3. The summed E-state index contributed by atoms with van der Waals surface area (Å²) in [5.74, 6) is 0.979. The number of likely N-dealkylation sites (N-methyl/N-ethyl adjacent to an activating group) is 1. The Hall–Kier alpha value is -0.650. The molecule has 0 aromatic heterocycles. The summed E-state index contributed by atoms with van der Waals surface area (Å²) in [5.41, 5.74) is 5.87. The molecule has 0 radical (unpaired) electrons. The summed E-state index contributed by atoms with van der Waals surface area (Å²) in [5, 5.41) is 0. The highest BCUT2D eigenvalue weighted by Gasteiger charge is 2.33. The standard InChI is InChI=1S/C16H32N4O/c1-18(2)7-8-19-9-11-20(12-10-19)16(21)15-6-4-3-5-14(15)13-17/h14-15H,3-13,17H2,1-2H3. The molecule has 5 nitrogen and oxygen atoms in total. The minimum absolute atomic E-state index is 0.192.